The number of hydrogen-bond acceptors (Lipinski definition) is 4. The zero-order chi connectivity index (χ0) is 15.9. The van der Waals surface area contributed by atoms with Gasteiger partial charge >= 0.3 is 0 Å². The predicted octanol–water partition coefficient (Wildman–Crippen LogP) is 2.42. The first kappa shape index (κ1) is 15.7. The summed E-state index contributed by atoms with van der Waals surface area (Å²) in [6.07, 6.45) is 0.865. The molecule has 120 valence electrons. The quantitative estimate of drug-likeness (QED) is 0.607. The van der Waals surface area contributed by atoms with Gasteiger partial charge in [0.15, 0.2) is 11.5 Å². The SMILES string of the molecule is CN(C)CCCN1C(=O)C(Cl)(Cl)C1c1ccc2c(c1)OCO2. The first-order valence-corrected chi connectivity index (χ1v) is 7.90. The summed E-state index contributed by atoms with van der Waals surface area (Å²) in [7, 11) is 4.00. The lowest BCUT2D eigenvalue weighted by Crippen LogP contribution is -2.62. The smallest absolute Gasteiger partial charge is 0.262 e. The first-order valence-electron chi connectivity index (χ1n) is 7.14. The number of likely N-dealkylation sites (tertiary alicyclic amines) is 1. The van der Waals surface area contributed by atoms with Crippen LogP contribution in [0.3, 0.4) is 0 Å². The fourth-order valence-electron chi connectivity index (χ4n) is 2.82. The molecule has 1 aromatic carbocycles. The second kappa shape index (κ2) is 5.80. The molecule has 1 fully saturated rings. The van der Waals surface area contributed by atoms with Gasteiger partial charge in [-0.1, -0.05) is 29.3 Å². The highest BCUT2D eigenvalue weighted by Gasteiger charge is 2.59. The predicted molar refractivity (Wildman–Crippen MR) is 84.6 cm³/mol. The van der Waals surface area contributed by atoms with Crippen LogP contribution in [-0.2, 0) is 4.79 Å². The number of nitrogens with zero attached hydrogens (tertiary/aromatic N) is 2. The average Bonchev–Trinajstić information content (AvgIpc) is 2.92. The van der Waals surface area contributed by atoms with E-state index in [1.165, 1.54) is 0 Å². The number of alkyl halides is 2. The number of amides is 1. The lowest BCUT2D eigenvalue weighted by Gasteiger charge is -2.49. The summed E-state index contributed by atoms with van der Waals surface area (Å²) in [6.45, 7) is 1.73. The molecule has 2 aliphatic rings. The molecule has 1 amide bonds. The second-order valence-electron chi connectivity index (χ2n) is 5.79. The Bertz CT molecular complexity index is 592. The van der Waals surface area contributed by atoms with Crippen molar-refractivity contribution < 1.29 is 14.3 Å². The lowest BCUT2D eigenvalue weighted by molar-refractivity contribution is -0.148. The fraction of sp³-hybridized carbons (Fsp3) is 0.533. The summed E-state index contributed by atoms with van der Waals surface area (Å²) in [5.74, 6) is 1.12. The van der Waals surface area contributed by atoms with Crippen molar-refractivity contribution in [2.45, 2.75) is 16.8 Å². The Morgan fingerprint density at radius 3 is 2.77 bits per heavy atom. The number of carbonyl (C=O) groups excluding carboxylic acids is 1. The topological polar surface area (TPSA) is 42.0 Å². The molecule has 0 bridgehead atoms. The zero-order valence-corrected chi connectivity index (χ0v) is 14.0. The second-order valence-corrected chi connectivity index (χ2v) is 7.18. The normalized spacial score (nSPS) is 22.1. The number of β-lactam (4-membered cyclic amide) rings is 1. The number of carbonyl (C=O) groups is 1. The van der Waals surface area contributed by atoms with Gasteiger partial charge in [0.1, 0.15) is 0 Å². The number of hydrogen-bond donors (Lipinski definition) is 0. The molecule has 1 saturated heterocycles. The third-order valence-electron chi connectivity index (χ3n) is 3.92. The van der Waals surface area contributed by atoms with E-state index < -0.39 is 4.33 Å². The maximum Gasteiger partial charge on any atom is 0.262 e. The Morgan fingerprint density at radius 1 is 1.32 bits per heavy atom. The van der Waals surface area contributed by atoms with Gasteiger partial charge < -0.3 is 19.3 Å². The van der Waals surface area contributed by atoms with Crippen LogP contribution in [0.2, 0.25) is 0 Å². The van der Waals surface area contributed by atoms with Crippen molar-refractivity contribution in [1.29, 1.82) is 0 Å². The van der Waals surface area contributed by atoms with Gasteiger partial charge in [0.2, 0.25) is 11.1 Å². The van der Waals surface area contributed by atoms with Gasteiger partial charge in [0.05, 0.1) is 6.04 Å². The van der Waals surface area contributed by atoms with E-state index in [2.05, 4.69) is 4.90 Å². The van der Waals surface area contributed by atoms with Crippen molar-refractivity contribution in [2.24, 2.45) is 0 Å². The molecule has 1 unspecified atom stereocenters. The summed E-state index contributed by atoms with van der Waals surface area (Å²) in [4.78, 5) is 16.0. The van der Waals surface area contributed by atoms with Gasteiger partial charge in [-0.3, -0.25) is 4.79 Å². The zero-order valence-electron chi connectivity index (χ0n) is 12.5. The highest BCUT2D eigenvalue weighted by Crippen LogP contribution is 2.52. The number of ether oxygens (including phenoxy) is 2. The largest absolute Gasteiger partial charge is 0.454 e. The van der Waals surface area contributed by atoms with Gasteiger partial charge in [0.25, 0.3) is 5.91 Å². The number of halogens is 2. The molecule has 0 N–H and O–H groups in total. The minimum atomic E-state index is -1.41. The van der Waals surface area contributed by atoms with Crippen molar-refractivity contribution >= 4 is 29.1 Å². The van der Waals surface area contributed by atoms with Gasteiger partial charge in [-0.2, -0.15) is 0 Å². The van der Waals surface area contributed by atoms with Crippen LogP contribution in [0.25, 0.3) is 0 Å². The van der Waals surface area contributed by atoms with Crippen molar-refractivity contribution in [1.82, 2.24) is 9.80 Å². The third-order valence-corrected chi connectivity index (χ3v) is 4.65. The van der Waals surface area contributed by atoms with E-state index in [1.54, 1.807) is 4.90 Å². The van der Waals surface area contributed by atoms with Gasteiger partial charge in [-0.15, -0.1) is 0 Å². The molecular formula is C15H18Cl2N2O3. The van der Waals surface area contributed by atoms with Crippen LogP contribution < -0.4 is 9.47 Å². The van der Waals surface area contributed by atoms with Crippen LogP contribution in [0.4, 0.5) is 0 Å². The Kier molecular flexibility index (Phi) is 4.14. The maximum absolute atomic E-state index is 12.2. The lowest BCUT2D eigenvalue weighted by atomic mass is 9.92. The van der Waals surface area contributed by atoms with Crippen LogP contribution >= 0.6 is 23.2 Å². The number of rotatable bonds is 5. The van der Waals surface area contributed by atoms with Crippen molar-refractivity contribution in [3.63, 3.8) is 0 Å². The molecule has 22 heavy (non-hydrogen) atoms. The minimum Gasteiger partial charge on any atom is -0.454 e. The summed E-state index contributed by atoms with van der Waals surface area (Å²) in [5.41, 5.74) is 0.860. The average molecular weight is 345 g/mol. The Morgan fingerprint density at radius 2 is 2.05 bits per heavy atom. The molecule has 1 atom stereocenters. The molecule has 1 aromatic rings. The molecular weight excluding hydrogens is 327 g/mol. The van der Waals surface area contributed by atoms with Crippen molar-refractivity contribution in [3.8, 4) is 11.5 Å². The molecule has 0 spiro atoms. The molecule has 2 aliphatic heterocycles. The van der Waals surface area contributed by atoms with Crippen LogP contribution in [-0.4, -0.2) is 54.0 Å². The number of fused-ring (bicyclic) bond motifs is 1. The van der Waals surface area contributed by atoms with E-state index in [4.69, 9.17) is 32.7 Å². The third kappa shape index (κ3) is 2.62. The molecule has 3 rings (SSSR count). The Hall–Kier alpha value is -1.17. The van der Waals surface area contributed by atoms with E-state index in [0.29, 0.717) is 18.0 Å². The van der Waals surface area contributed by atoms with Crippen LogP contribution in [0.5, 0.6) is 11.5 Å². The molecule has 7 heteroatoms. The van der Waals surface area contributed by atoms with E-state index in [9.17, 15) is 4.79 Å². The van der Waals surface area contributed by atoms with E-state index in [0.717, 1.165) is 18.5 Å². The Labute approximate surface area is 139 Å². The summed E-state index contributed by atoms with van der Waals surface area (Å²) >= 11 is 12.5. The monoisotopic (exact) mass is 344 g/mol. The van der Waals surface area contributed by atoms with E-state index >= 15 is 0 Å². The van der Waals surface area contributed by atoms with Crippen LogP contribution in [0.1, 0.15) is 18.0 Å². The molecule has 0 radical (unpaired) electrons. The van der Waals surface area contributed by atoms with Gasteiger partial charge in [-0.05, 0) is 44.8 Å². The number of benzene rings is 1. The van der Waals surface area contributed by atoms with Crippen LogP contribution in [0, 0.1) is 0 Å². The highest BCUT2D eigenvalue weighted by atomic mass is 35.5. The highest BCUT2D eigenvalue weighted by molar-refractivity contribution is 6.60. The standard InChI is InChI=1S/C15H18Cl2N2O3/c1-18(2)6-3-7-19-13(15(16,17)14(19)20)10-4-5-11-12(8-10)22-9-21-11/h4-5,8,13H,3,6-7,9H2,1-2H3. The molecule has 0 saturated carbocycles. The summed E-state index contributed by atoms with van der Waals surface area (Å²) in [6, 6.07) is 5.18. The fourth-order valence-corrected chi connectivity index (χ4v) is 3.52. The molecule has 2 heterocycles. The summed E-state index contributed by atoms with van der Waals surface area (Å²) < 4.78 is 9.27. The molecule has 0 aromatic heterocycles. The first-order chi connectivity index (χ1) is 10.4. The van der Waals surface area contributed by atoms with Crippen molar-refractivity contribution in [2.75, 3.05) is 34.0 Å². The van der Waals surface area contributed by atoms with Crippen molar-refractivity contribution in [3.05, 3.63) is 23.8 Å². The molecule has 0 aliphatic carbocycles. The van der Waals surface area contributed by atoms with Crippen LogP contribution in [0.15, 0.2) is 18.2 Å². The van der Waals surface area contributed by atoms with E-state index in [1.807, 2.05) is 32.3 Å². The van der Waals surface area contributed by atoms with E-state index in [-0.39, 0.29) is 18.7 Å². The molecule has 5 nitrogen and oxygen atoms in total. The van der Waals surface area contributed by atoms with Gasteiger partial charge in [-0.25, -0.2) is 0 Å². The summed E-state index contributed by atoms with van der Waals surface area (Å²) in [5, 5.41) is 0. The van der Waals surface area contributed by atoms with Gasteiger partial charge in [0, 0.05) is 6.54 Å². The Balaban J connectivity index is 1.78. The maximum atomic E-state index is 12.2. The minimum absolute atomic E-state index is 0.210.